The minimum absolute atomic E-state index is 0.0197. The third-order valence-electron chi connectivity index (χ3n) is 4.65. The van der Waals surface area contributed by atoms with Gasteiger partial charge in [0.2, 0.25) is 25.0 Å². The zero-order chi connectivity index (χ0) is 21.6. The summed E-state index contributed by atoms with van der Waals surface area (Å²) in [6.07, 6.45) is -3.60. The normalized spacial score (nSPS) is 17.6. The van der Waals surface area contributed by atoms with Gasteiger partial charge in [-0.2, -0.15) is 17.5 Å². The van der Waals surface area contributed by atoms with E-state index in [1.54, 1.807) is 0 Å². The first-order valence-electron chi connectivity index (χ1n) is 8.30. The first-order valence-corrected chi connectivity index (χ1v) is 11.7. The lowest BCUT2D eigenvalue weighted by atomic mass is 10.2. The van der Waals surface area contributed by atoms with E-state index >= 15 is 0 Å². The van der Waals surface area contributed by atoms with Crippen molar-refractivity contribution in [2.24, 2.45) is 7.05 Å². The first-order chi connectivity index (χ1) is 13.3. The van der Waals surface area contributed by atoms with Gasteiger partial charge < -0.3 is 4.57 Å². The lowest BCUT2D eigenvalue weighted by molar-refractivity contribution is -0.137. The van der Waals surface area contributed by atoms with E-state index in [0.29, 0.717) is 6.07 Å². The maximum absolute atomic E-state index is 13.0. The smallest absolute Gasteiger partial charge is 0.308 e. The molecule has 0 amide bonds. The van der Waals surface area contributed by atoms with Crippen LogP contribution in [0.3, 0.4) is 0 Å². The van der Waals surface area contributed by atoms with Crippen LogP contribution in [0, 0.1) is 0 Å². The number of benzene rings is 1. The molecule has 0 bridgehead atoms. The highest BCUT2D eigenvalue weighted by molar-refractivity contribution is 7.92. The number of halogens is 4. The van der Waals surface area contributed by atoms with Crippen LogP contribution in [0.25, 0.3) is 0 Å². The number of aryl methyl sites for hydroxylation is 1. The van der Waals surface area contributed by atoms with Crippen molar-refractivity contribution >= 4 is 31.5 Å². The highest BCUT2D eigenvalue weighted by atomic mass is 35.5. The number of rotatable bonds is 4. The quantitative estimate of drug-likeness (QED) is 0.675. The van der Waals surface area contributed by atoms with Crippen molar-refractivity contribution in [2.75, 3.05) is 13.1 Å². The van der Waals surface area contributed by atoms with Crippen LogP contribution >= 0.6 is 11.6 Å². The molecule has 2 heterocycles. The molecule has 0 atom stereocenters. The molecule has 1 aromatic carbocycles. The minimum atomic E-state index is -4.81. The molecule has 29 heavy (non-hydrogen) atoms. The molecule has 1 saturated heterocycles. The fourth-order valence-electron chi connectivity index (χ4n) is 3.09. The molecule has 1 aliphatic rings. The zero-order valence-electron chi connectivity index (χ0n) is 15.0. The maximum Gasteiger partial charge on any atom is 0.417 e. The van der Waals surface area contributed by atoms with Crippen LogP contribution < -0.4 is 0 Å². The summed E-state index contributed by atoms with van der Waals surface area (Å²) in [5.74, 6) is 0. The Morgan fingerprint density at radius 3 is 2.28 bits per heavy atom. The Bertz CT molecular complexity index is 1120. The zero-order valence-corrected chi connectivity index (χ0v) is 17.4. The molecule has 0 N–H and O–H groups in total. The molecular weight excluding hydrogens is 457 g/mol. The van der Waals surface area contributed by atoms with Gasteiger partial charge in [0.05, 0.1) is 20.7 Å². The summed E-state index contributed by atoms with van der Waals surface area (Å²) in [6, 6.07) is 2.36. The highest BCUT2D eigenvalue weighted by Crippen LogP contribution is 2.37. The molecule has 1 aromatic heterocycles. The second kappa shape index (κ2) is 7.52. The number of piperidine rings is 1. The number of hydrogen-bond acceptors (Lipinski definition) is 6. The van der Waals surface area contributed by atoms with Gasteiger partial charge in [-0.25, -0.2) is 16.8 Å². The van der Waals surface area contributed by atoms with E-state index < -0.39 is 46.8 Å². The Hall–Kier alpha value is -1.70. The Balaban J connectivity index is 1.81. The van der Waals surface area contributed by atoms with Gasteiger partial charge in [0, 0.05) is 20.1 Å². The van der Waals surface area contributed by atoms with Crippen LogP contribution in [0.4, 0.5) is 13.2 Å². The molecule has 1 aliphatic heterocycles. The van der Waals surface area contributed by atoms with Crippen molar-refractivity contribution in [3.05, 3.63) is 35.1 Å². The predicted octanol–water partition coefficient (Wildman–Crippen LogP) is 2.11. The van der Waals surface area contributed by atoms with Gasteiger partial charge in [-0.3, -0.25) is 0 Å². The summed E-state index contributed by atoms with van der Waals surface area (Å²) in [5.41, 5.74) is -1.25. The molecule has 0 aliphatic carbocycles. The number of sulfonamides is 1. The number of alkyl halides is 3. The Morgan fingerprint density at radius 1 is 1.14 bits per heavy atom. The van der Waals surface area contributed by atoms with Crippen LogP contribution in [0.2, 0.25) is 5.02 Å². The fourth-order valence-corrected chi connectivity index (χ4v) is 6.55. The largest absolute Gasteiger partial charge is 0.417 e. The van der Waals surface area contributed by atoms with Crippen LogP contribution in [0.5, 0.6) is 0 Å². The maximum atomic E-state index is 13.0. The molecule has 0 unspecified atom stereocenters. The van der Waals surface area contributed by atoms with Gasteiger partial charge in [-0.1, -0.05) is 11.6 Å². The monoisotopic (exact) mass is 472 g/mol. The Morgan fingerprint density at radius 2 is 1.76 bits per heavy atom. The van der Waals surface area contributed by atoms with E-state index in [0.717, 1.165) is 16.4 Å². The SMILES string of the molecule is Cn1cnnc1S(=O)(=O)C1CCN(S(=O)(=O)c2ccc(Cl)c(C(F)(F)F)c2)CC1. The van der Waals surface area contributed by atoms with Crippen molar-refractivity contribution in [1.29, 1.82) is 0 Å². The van der Waals surface area contributed by atoms with Gasteiger partial charge in [0.1, 0.15) is 6.33 Å². The van der Waals surface area contributed by atoms with Crippen LogP contribution in [0.15, 0.2) is 34.6 Å². The average molecular weight is 473 g/mol. The van der Waals surface area contributed by atoms with E-state index in [2.05, 4.69) is 10.2 Å². The van der Waals surface area contributed by atoms with E-state index in [4.69, 9.17) is 11.6 Å². The topological polar surface area (TPSA) is 102 Å². The molecule has 14 heteroatoms. The van der Waals surface area contributed by atoms with Crippen molar-refractivity contribution < 1.29 is 30.0 Å². The summed E-state index contributed by atoms with van der Waals surface area (Å²) in [7, 11) is -6.58. The number of sulfone groups is 1. The second-order valence-corrected chi connectivity index (χ2v) is 11.0. The first kappa shape index (κ1) is 22.0. The highest BCUT2D eigenvalue weighted by Gasteiger charge is 2.39. The predicted molar refractivity (Wildman–Crippen MR) is 96.4 cm³/mol. The van der Waals surface area contributed by atoms with Crippen molar-refractivity contribution in [3.8, 4) is 0 Å². The van der Waals surface area contributed by atoms with Gasteiger partial charge in [0.25, 0.3) is 0 Å². The van der Waals surface area contributed by atoms with E-state index in [-0.39, 0.29) is 31.1 Å². The standard InChI is InChI=1S/C15H16ClF3N4O4S2/c1-22-9-20-21-14(22)28(24,25)10-4-6-23(7-5-10)29(26,27)11-2-3-13(16)12(8-11)15(17,18)19/h2-3,8-10H,4-7H2,1H3. The van der Waals surface area contributed by atoms with Gasteiger partial charge in [0.15, 0.2) is 0 Å². The van der Waals surface area contributed by atoms with E-state index in [1.807, 2.05) is 0 Å². The lowest BCUT2D eigenvalue weighted by Crippen LogP contribution is -2.42. The summed E-state index contributed by atoms with van der Waals surface area (Å²) in [4.78, 5) is -0.552. The molecule has 0 spiro atoms. The summed E-state index contributed by atoms with van der Waals surface area (Å²) in [5, 5.41) is 5.44. The Labute approximate surface area is 170 Å². The van der Waals surface area contributed by atoms with Crippen LogP contribution in [0.1, 0.15) is 18.4 Å². The number of hydrogen-bond donors (Lipinski definition) is 0. The van der Waals surface area contributed by atoms with Crippen LogP contribution in [-0.2, 0) is 33.1 Å². The third kappa shape index (κ3) is 4.13. The minimum Gasteiger partial charge on any atom is -0.308 e. The molecule has 160 valence electrons. The summed E-state index contributed by atoms with van der Waals surface area (Å²) in [6.45, 7) is -0.317. The summed E-state index contributed by atoms with van der Waals surface area (Å²) >= 11 is 5.54. The fraction of sp³-hybridized carbons (Fsp3) is 0.467. The van der Waals surface area contributed by atoms with Gasteiger partial charge in [-0.15, -0.1) is 10.2 Å². The van der Waals surface area contributed by atoms with Crippen molar-refractivity contribution in [1.82, 2.24) is 19.1 Å². The van der Waals surface area contributed by atoms with E-state index in [9.17, 15) is 30.0 Å². The molecular formula is C15H16ClF3N4O4S2. The van der Waals surface area contributed by atoms with Crippen molar-refractivity contribution in [2.45, 2.75) is 34.3 Å². The Kier molecular flexibility index (Phi) is 5.71. The molecule has 3 rings (SSSR count). The molecule has 8 nitrogen and oxygen atoms in total. The molecule has 1 fully saturated rings. The molecule has 2 aromatic rings. The average Bonchev–Trinajstić information content (AvgIpc) is 3.08. The lowest BCUT2D eigenvalue weighted by Gasteiger charge is -2.30. The number of nitrogens with zero attached hydrogens (tertiary/aromatic N) is 4. The molecule has 0 saturated carbocycles. The second-order valence-electron chi connectivity index (χ2n) is 6.51. The van der Waals surface area contributed by atoms with Gasteiger partial charge >= 0.3 is 6.18 Å². The molecule has 0 radical (unpaired) electrons. The van der Waals surface area contributed by atoms with E-state index in [1.165, 1.54) is 17.9 Å². The van der Waals surface area contributed by atoms with Gasteiger partial charge in [-0.05, 0) is 31.0 Å². The van der Waals surface area contributed by atoms with Crippen LogP contribution in [-0.4, -0.2) is 54.2 Å². The number of aromatic nitrogens is 3. The third-order valence-corrected chi connectivity index (χ3v) is 9.10. The summed E-state index contributed by atoms with van der Waals surface area (Å²) < 4.78 is 92.2. The van der Waals surface area contributed by atoms with Crippen molar-refractivity contribution in [3.63, 3.8) is 0 Å².